The molecule has 1 fully saturated rings. The maximum absolute atomic E-state index is 12.7. The molecular weight excluding hydrogens is 362 g/mol. The zero-order valence-electron chi connectivity index (χ0n) is 16.8. The largest absolute Gasteiger partial charge is 0.338 e. The third-order valence-corrected chi connectivity index (χ3v) is 7.22. The molecule has 0 spiro atoms. The van der Waals surface area contributed by atoms with E-state index in [1.807, 2.05) is 30.9 Å². The molecule has 1 saturated heterocycles. The molecule has 1 aromatic carbocycles. The van der Waals surface area contributed by atoms with E-state index in [1.54, 1.807) is 12.1 Å². The van der Waals surface area contributed by atoms with E-state index >= 15 is 0 Å². The van der Waals surface area contributed by atoms with E-state index in [0.29, 0.717) is 36.9 Å². The summed E-state index contributed by atoms with van der Waals surface area (Å²) in [4.78, 5) is 15.0. The molecule has 6 nitrogen and oxygen atoms in total. The predicted octanol–water partition coefficient (Wildman–Crippen LogP) is 2.25. The minimum absolute atomic E-state index is 0.186. The van der Waals surface area contributed by atoms with Crippen molar-refractivity contribution in [3.63, 3.8) is 0 Å². The molecule has 0 aliphatic carbocycles. The Morgan fingerprint density at radius 3 is 2.33 bits per heavy atom. The van der Waals surface area contributed by atoms with Crippen LogP contribution in [0.4, 0.5) is 0 Å². The van der Waals surface area contributed by atoms with E-state index < -0.39 is 10.0 Å². The number of carbonyl (C=O) groups is 1. The van der Waals surface area contributed by atoms with Crippen LogP contribution < -0.4 is 5.32 Å². The van der Waals surface area contributed by atoms with Gasteiger partial charge in [0.2, 0.25) is 15.9 Å². The zero-order chi connectivity index (χ0) is 19.9. The van der Waals surface area contributed by atoms with Gasteiger partial charge in [-0.2, -0.15) is 4.31 Å². The van der Waals surface area contributed by atoms with Crippen molar-refractivity contribution in [3.8, 4) is 0 Å². The Kier molecular flexibility index (Phi) is 8.26. The Hall–Kier alpha value is -1.44. The van der Waals surface area contributed by atoms with Gasteiger partial charge in [-0.3, -0.25) is 4.79 Å². The number of benzene rings is 1. The fourth-order valence-electron chi connectivity index (χ4n) is 3.59. The standard InChI is InChI=1S/C20H33N3O3S/c1-4-15-23(18-13-14-21-16-18)20(24)12-9-17-7-10-19(11-8-17)27(25,26)22(5-2)6-3/h7-8,10-11,18,21H,4-6,9,12-16H2,1-3H3. The number of amides is 1. The third kappa shape index (κ3) is 5.53. The number of rotatable bonds is 10. The molecule has 1 unspecified atom stereocenters. The Bertz CT molecular complexity index is 694. The summed E-state index contributed by atoms with van der Waals surface area (Å²) in [6.45, 7) is 9.33. The molecule has 1 aliphatic rings. The summed E-state index contributed by atoms with van der Waals surface area (Å²) in [7, 11) is -3.43. The van der Waals surface area contributed by atoms with Gasteiger partial charge in [-0.25, -0.2) is 8.42 Å². The van der Waals surface area contributed by atoms with Crippen LogP contribution in [0.5, 0.6) is 0 Å². The predicted molar refractivity (Wildman–Crippen MR) is 108 cm³/mol. The summed E-state index contributed by atoms with van der Waals surface area (Å²) < 4.78 is 26.5. The topological polar surface area (TPSA) is 69.7 Å². The van der Waals surface area contributed by atoms with Crippen molar-refractivity contribution in [2.24, 2.45) is 0 Å². The van der Waals surface area contributed by atoms with Crippen LogP contribution in [-0.4, -0.2) is 62.3 Å². The molecule has 1 aromatic rings. The SMILES string of the molecule is CCCN(C(=O)CCc1ccc(S(=O)(=O)N(CC)CC)cc1)C1CCNC1. The number of hydrogen-bond donors (Lipinski definition) is 1. The summed E-state index contributed by atoms with van der Waals surface area (Å²) in [6.07, 6.45) is 3.06. The van der Waals surface area contributed by atoms with E-state index in [0.717, 1.165) is 38.0 Å². The highest BCUT2D eigenvalue weighted by Gasteiger charge is 2.25. The first-order valence-corrected chi connectivity index (χ1v) is 11.5. The summed E-state index contributed by atoms with van der Waals surface area (Å²) in [5, 5.41) is 3.32. The van der Waals surface area contributed by atoms with E-state index in [1.165, 1.54) is 4.31 Å². The van der Waals surface area contributed by atoms with Gasteiger partial charge in [-0.1, -0.05) is 32.9 Å². The van der Waals surface area contributed by atoms with Crippen molar-refractivity contribution in [2.75, 3.05) is 32.7 Å². The highest BCUT2D eigenvalue weighted by Crippen LogP contribution is 2.18. The first-order valence-electron chi connectivity index (χ1n) is 10.0. The van der Waals surface area contributed by atoms with Crippen LogP contribution in [-0.2, 0) is 21.2 Å². The minimum Gasteiger partial charge on any atom is -0.338 e. The van der Waals surface area contributed by atoms with Crippen LogP contribution in [0, 0.1) is 0 Å². The van der Waals surface area contributed by atoms with Crippen molar-refractivity contribution in [1.82, 2.24) is 14.5 Å². The van der Waals surface area contributed by atoms with E-state index in [9.17, 15) is 13.2 Å². The second kappa shape index (κ2) is 10.2. The van der Waals surface area contributed by atoms with Gasteiger partial charge in [-0.05, 0) is 43.5 Å². The first kappa shape index (κ1) is 21.9. The van der Waals surface area contributed by atoms with Gasteiger partial charge in [0, 0.05) is 38.6 Å². The monoisotopic (exact) mass is 395 g/mol. The molecule has 27 heavy (non-hydrogen) atoms. The number of nitrogens with one attached hydrogen (secondary N) is 1. The number of nitrogens with zero attached hydrogens (tertiary/aromatic N) is 2. The highest BCUT2D eigenvalue weighted by atomic mass is 32.2. The van der Waals surface area contributed by atoms with Gasteiger partial charge in [0.25, 0.3) is 0 Å². The van der Waals surface area contributed by atoms with E-state index in [-0.39, 0.29) is 5.91 Å². The van der Waals surface area contributed by atoms with Crippen LogP contribution in [0.25, 0.3) is 0 Å². The molecule has 1 N–H and O–H groups in total. The van der Waals surface area contributed by atoms with Gasteiger partial charge >= 0.3 is 0 Å². The molecule has 0 aromatic heterocycles. The summed E-state index contributed by atoms with van der Waals surface area (Å²) in [5.74, 6) is 0.186. The lowest BCUT2D eigenvalue weighted by Gasteiger charge is -2.28. The zero-order valence-corrected chi connectivity index (χ0v) is 17.6. The van der Waals surface area contributed by atoms with Gasteiger partial charge < -0.3 is 10.2 Å². The third-order valence-electron chi connectivity index (χ3n) is 5.15. The van der Waals surface area contributed by atoms with E-state index in [2.05, 4.69) is 12.2 Å². The number of aryl methyl sites for hydroxylation is 1. The molecule has 0 bridgehead atoms. The lowest BCUT2D eigenvalue weighted by atomic mass is 10.1. The molecule has 1 atom stereocenters. The molecule has 0 saturated carbocycles. The van der Waals surface area contributed by atoms with Crippen molar-refractivity contribution in [2.45, 2.75) is 57.4 Å². The molecule has 152 valence electrons. The fraction of sp³-hybridized carbons (Fsp3) is 0.650. The average molecular weight is 396 g/mol. The van der Waals surface area contributed by atoms with E-state index in [4.69, 9.17) is 0 Å². The summed E-state index contributed by atoms with van der Waals surface area (Å²) >= 11 is 0. The van der Waals surface area contributed by atoms with Crippen LogP contribution in [0.15, 0.2) is 29.2 Å². The molecule has 7 heteroatoms. The van der Waals surface area contributed by atoms with Crippen LogP contribution in [0.1, 0.15) is 45.6 Å². The van der Waals surface area contributed by atoms with Crippen LogP contribution >= 0.6 is 0 Å². The molecular formula is C20H33N3O3S. The smallest absolute Gasteiger partial charge is 0.243 e. The van der Waals surface area contributed by atoms with Gasteiger partial charge in [0.1, 0.15) is 0 Å². The quantitative estimate of drug-likeness (QED) is 0.660. The second-order valence-corrected chi connectivity index (χ2v) is 8.90. The maximum atomic E-state index is 12.7. The van der Waals surface area contributed by atoms with Crippen molar-refractivity contribution in [1.29, 1.82) is 0 Å². The van der Waals surface area contributed by atoms with Gasteiger partial charge in [0.15, 0.2) is 0 Å². The maximum Gasteiger partial charge on any atom is 0.243 e. The summed E-state index contributed by atoms with van der Waals surface area (Å²) in [6, 6.07) is 7.26. The van der Waals surface area contributed by atoms with Crippen molar-refractivity contribution >= 4 is 15.9 Å². The van der Waals surface area contributed by atoms with Gasteiger partial charge in [0.05, 0.1) is 4.90 Å². The lowest BCUT2D eigenvalue weighted by molar-refractivity contribution is -0.133. The number of hydrogen-bond acceptors (Lipinski definition) is 4. The molecule has 0 radical (unpaired) electrons. The number of sulfonamides is 1. The Balaban J connectivity index is 1.98. The molecule has 1 heterocycles. The Morgan fingerprint density at radius 2 is 1.81 bits per heavy atom. The van der Waals surface area contributed by atoms with Crippen molar-refractivity contribution in [3.05, 3.63) is 29.8 Å². The minimum atomic E-state index is -3.43. The second-order valence-electron chi connectivity index (χ2n) is 6.97. The highest BCUT2D eigenvalue weighted by molar-refractivity contribution is 7.89. The normalized spacial score (nSPS) is 17.4. The summed E-state index contributed by atoms with van der Waals surface area (Å²) in [5.41, 5.74) is 0.989. The molecule has 1 amide bonds. The number of carbonyl (C=O) groups excluding carboxylic acids is 1. The lowest BCUT2D eigenvalue weighted by Crippen LogP contribution is -2.42. The first-order chi connectivity index (χ1) is 12.9. The average Bonchev–Trinajstić information content (AvgIpc) is 3.19. The van der Waals surface area contributed by atoms with Gasteiger partial charge in [-0.15, -0.1) is 0 Å². The molecule has 2 rings (SSSR count). The van der Waals surface area contributed by atoms with Crippen LogP contribution in [0.3, 0.4) is 0 Å². The van der Waals surface area contributed by atoms with Crippen LogP contribution in [0.2, 0.25) is 0 Å². The molecule has 1 aliphatic heterocycles. The fourth-order valence-corrected chi connectivity index (χ4v) is 5.05. The Labute approximate surface area is 164 Å². The van der Waals surface area contributed by atoms with Crippen molar-refractivity contribution < 1.29 is 13.2 Å². The Morgan fingerprint density at radius 1 is 1.15 bits per heavy atom.